The van der Waals surface area contributed by atoms with Crippen LogP contribution in [0.3, 0.4) is 0 Å². The highest BCUT2D eigenvalue weighted by Gasteiger charge is 2.39. The number of amides is 1. The molecule has 2 aliphatic carbocycles. The van der Waals surface area contributed by atoms with Crippen molar-refractivity contribution >= 4 is 17.7 Å². The molecule has 1 amide bonds. The van der Waals surface area contributed by atoms with Crippen molar-refractivity contribution in [2.75, 3.05) is 0 Å². The highest BCUT2D eigenvalue weighted by atomic mass is 32.2. The lowest BCUT2D eigenvalue weighted by molar-refractivity contribution is -0.126. The highest BCUT2D eigenvalue weighted by Crippen LogP contribution is 2.43. The maximum atomic E-state index is 12.5. The molecule has 0 radical (unpaired) electrons. The Labute approximate surface area is 137 Å². The number of allylic oxidation sites excluding steroid dienone is 2. The fourth-order valence-corrected chi connectivity index (χ4v) is 4.43. The number of carbonyl (C=O) groups excluding carboxylic acids is 1. The molecule has 3 heteroatoms. The molecule has 0 unspecified atom stereocenters. The first-order chi connectivity index (χ1) is 10.5. The Morgan fingerprint density at radius 2 is 1.86 bits per heavy atom. The molecule has 1 aromatic carbocycles. The van der Waals surface area contributed by atoms with Gasteiger partial charge in [0.25, 0.3) is 0 Å². The average Bonchev–Trinajstić information content (AvgIpc) is 3.10. The van der Waals surface area contributed by atoms with Gasteiger partial charge >= 0.3 is 0 Å². The zero-order chi connectivity index (χ0) is 15.7. The molecule has 3 rings (SSSR count). The van der Waals surface area contributed by atoms with E-state index >= 15 is 0 Å². The van der Waals surface area contributed by atoms with E-state index < -0.39 is 0 Å². The minimum Gasteiger partial charge on any atom is -0.349 e. The van der Waals surface area contributed by atoms with Crippen LogP contribution in [-0.2, 0) is 4.79 Å². The SMILES string of the molecule is CC(C)Sc1ccc([C@H](C)NC(=O)[C@@H]2C[C@H]3C=C[C@H]2C3)cc1. The second-order valence-corrected chi connectivity index (χ2v) is 8.50. The van der Waals surface area contributed by atoms with E-state index in [0.717, 1.165) is 6.42 Å². The quantitative estimate of drug-likeness (QED) is 0.636. The lowest BCUT2D eigenvalue weighted by atomic mass is 9.92. The number of thioether (sulfide) groups is 1. The largest absolute Gasteiger partial charge is 0.349 e. The number of hydrogen-bond donors (Lipinski definition) is 1. The summed E-state index contributed by atoms with van der Waals surface area (Å²) in [7, 11) is 0. The zero-order valence-corrected chi connectivity index (χ0v) is 14.4. The molecule has 0 aliphatic heterocycles. The van der Waals surface area contributed by atoms with Gasteiger partial charge in [0, 0.05) is 16.1 Å². The first-order valence-corrected chi connectivity index (χ1v) is 9.16. The van der Waals surface area contributed by atoms with Gasteiger partial charge in [-0.1, -0.05) is 38.1 Å². The van der Waals surface area contributed by atoms with Crippen molar-refractivity contribution in [1.82, 2.24) is 5.32 Å². The molecule has 0 aromatic heterocycles. The predicted molar refractivity (Wildman–Crippen MR) is 92.8 cm³/mol. The maximum Gasteiger partial charge on any atom is 0.224 e. The van der Waals surface area contributed by atoms with Crippen LogP contribution in [0.1, 0.15) is 45.2 Å². The summed E-state index contributed by atoms with van der Waals surface area (Å²) in [6.45, 7) is 6.47. The van der Waals surface area contributed by atoms with Gasteiger partial charge in [0.05, 0.1) is 6.04 Å². The third kappa shape index (κ3) is 3.40. The van der Waals surface area contributed by atoms with E-state index in [1.807, 2.05) is 11.8 Å². The molecule has 4 atom stereocenters. The Morgan fingerprint density at radius 1 is 1.14 bits per heavy atom. The Balaban J connectivity index is 1.58. The van der Waals surface area contributed by atoms with Gasteiger partial charge in [-0.3, -0.25) is 4.79 Å². The summed E-state index contributed by atoms with van der Waals surface area (Å²) < 4.78 is 0. The standard InChI is InChI=1S/C19H25NOS/c1-12(2)22-17-8-6-15(7-9-17)13(3)20-19(21)18-11-14-4-5-16(18)10-14/h4-9,12-14,16,18H,10-11H2,1-3H3,(H,20,21)/t13-,14-,16-,18+/m0/s1. The van der Waals surface area contributed by atoms with Gasteiger partial charge in [0.2, 0.25) is 5.91 Å². The van der Waals surface area contributed by atoms with Crippen molar-refractivity contribution in [1.29, 1.82) is 0 Å². The van der Waals surface area contributed by atoms with Gasteiger partial charge in [-0.25, -0.2) is 0 Å². The average molecular weight is 315 g/mol. The van der Waals surface area contributed by atoms with Crippen LogP contribution in [0.4, 0.5) is 0 Å². The van der Waals surface area contributed by atoms with Crippen molar-refractivity contribution in [3.63, 3.8) is 0 Å². The van der Waals surface area contributed by atoms with E-state index in [9.17, 15) is 4.79 Å². The molecule has 0 heterocycles. The lowest BCUT2D eigenvalue weighted by Crippen LogP contribution is -2.34. The molecule has 1 aromatic rings. The first-order valence-electron chi connectivity index (χ1n) is 8.28. The second-order valence-electron chi connectivity index (χ2n) is 6.85. The lowest BCUT2D eigenvalue weighted by Gasteiger charge is -2.21. The van der Waals surface area contributed by atoms with Crippen molar-refractivity contribution in [2.45, 2.75) is 49.8 Å². The van der Waals surface area contributed by atoms with E-state index in [4.69, 9.17) is 0 Å². The monoisotopic (exact) mass is 315 g/mol. The van der Waals surface area contributed by atoms with Crippen molar-refractivity contribution in [3.8, 4) is 0 Å². The third-order valence-corrected chi connectivity index (χ3v) is 5.74. The predicted octanol–water partition coefficient (Wildman–Crippen LogP) is 4.58. The summed E-state index contributed by atoms with van der Waals surface area (Å²) >= 11 is 1.87. The Morgan fingerprint density at radius 3 is 2.41 bits per heavy atom. The van der Waals surface area contributed by atoms with Gasteiger partial charge in [-0.15, -0.1) is 11.8 Å². The van der Waals surface area contributed by atoms with Crippen LogP contribution in [0.2, 0.25) is 0 Å². The van der Waals surface area contributed by atoms with Crippen LogP contribution in [0.15, 0.2) is 41.3 Å². The molecule has 0 spiro atoms. The molecule has 0 saturated heterocycles. The number of fused-ring (bicyclic) bond motifs is 2. The van der Waals surface area contributed by atoms with Crippen molar-refractivity contribution < 1.29 is 4.79 Å². The van der Waals surface area contributed by atoms with E-state index in [2.05, 4.69) is 62.5 Å². The van der Waals surface area contributed by atoms with Crippen LogP contribution < -0.4 is 5.32 Å². The Kier molecular flexibility index (Phi) is 4.62. The molecule has 1 N–H and O–H groups in total. The van der Waals surface area contributed by atoms with Gasteiger partial charge in [-0.2, -0.15) is 0 Å². The summed E-state index contributed by atoms with van der Waals surface area (Å²) in [6, 6.07) is 8.66. The summed E-state index contributed by atoms with van der Waals surface area (Å²) in [6.07, 6.45) is 6.72. The summed E-state index contributed by atoms with van der Waals surface area (Å²) in [5, 5.41) is 3.80. The number of benzene rings is 1. The maximum absolute atomic E-state index is 12.5. The van der Waals surface area contributed by atoms with E-state index in [-0.39, 0.29) is 17.9 Å². The fourth-order valence-electron chi connectivity index (χ4n) is 3.59. The molecule has 1 fully saturated rings. The van der Waals surface area contributed by atoms with Crippen molar-refractivity contribution in [2.24, 2.45) is 17.8 Å². The minimum absolute atomic E-state index is 0.0775. The Hall–Kier alpha value is -1.22. The number of carbonyl (C=O) groups is 1. The Bertz CT molecular complexity index is 563. The molecule has 2 nitrogen and oxygen atoms in total. The van der Waals surface area contributed by atoms with Gasteiger partial charge in [0.15, 0.2) is 0 Å². The van der Waals surface area contributed by atoms with E-state index in [0.29, 0.717) is 17.1 Å². The molecular formula is C19H25NOS. The van der Waals surface area contributed by atoms with Gasteiger partial charge < -0.3 is 5.32 Å². The summed E-state index contributed by atoms with van der Waals surface area (Å²) in [5.41, 5.74) is 1.18. The van der Waals surface area contributed by atoms with Crippen LogP contribution in [0.5, 0.6) is 0 Å². The van der Waals surface area contributed by atoms with Crippen LogP contribution in [0.25, 0.3) is 0 Å². The first kappa shape index (κ1) is 15.7. The van der Waals surface area contributed by atoms with Crippen LogP contribution in [-0.4, -0.2) is 11.2 Å². The molecule has 1 saturated carbocycles. The second kappa shape index (κ2) is 6.49. The number of nitrogens with one attached hydrogen (secondary N) is 1. The summed E-state index contributed by atoms with van der Waals surface area (Å²) in [4.78, 5) is 13.8. The fraction of sp³-hybridized carbons (Fsp3) is 0.526. The van der Waals surface area contributed by atoms with Gasteiger partial charge in [-0.05, 0) is 49.3 Å². The van der Waals surface area contributed by atoms with Crippen LogP contribution >= 0.6 is 11.8 Å². The molecular weight excluding hydrogens is 290 g/mol. The molecule has 2 bridgehead atoms. The molecule has 118 valence electrons. The molecule has 2 aliphatic rings. The minimum atomic E-state index is 0.0775. The number of hydrogen-bond acceptors (Lipinski definition) is 2. The van der Waals surface area contributed by atoms with E-state index in [1.165, 1.54) is 16.9 Å². The highest BCUT2D eigenvalue weighted by molar-refractivity contribution is 7.99. The van der Waals surface area contributed by atoms with E-state index in [1.54, 1.807) is 0 Å². The van der Waals surface area contributed by atoms with Crippen LogP contribution in [0, 0.1) is 17.8 Å². The topological polar surface area (TPSA) is 29.1 Å². The zero-order valence-electron chi connectivity index (χ0n) is 13.6. The number of rotatable bonds is 5. The third-order valence-electron chi connectivity index (χ3n) is 4.73. The normalized spacial score (nSPS) is 27.4. The van der Waals surface area contributed by atoms with Crippen molar-refractivity contribution in [3.05, 3.63) is 42.0 Å². The smallest absolute Gasteiger partial charge is 0.224 e. The van der Waals surface area contributed by atoms with Gasteiger partial charge in [0.1, 0.15) is 0 Å². The molecule has 22 heavy (non-hydrogen) atoms. The summed E-state index contributed by atoms with van der Waals surface area (Å²) in [5.74, 6) is 1.53.